The molecule has 4 unspecified atom stereocenters. The third-order valence-corrected chi connectivity index (χ3v) is 7.08. The van der Waals surface area contributed by atoms with Gasteiger partial charge in [-0.15, -0.1) is 11.3 Å². The summed E-state index contributed by atoms with van der Waals surface area (Å²) in [7, 11) is 0. The first-order valence-electron chi connectivity index (χ1n) is 13.4. The van der Waals surface area contributed by atoms with E-state index in [-0.39, 0.29) is 36.7 Å². The zero-order valence-electron chi connectivity index (χ0n) is 24.6. The Morgan fingerprint density at radius 2 is 1.66 bits per heavy atom. The second-order valence-electron chi connectivity index (χ2n) is 10.0. The number of aromatic nitrogens is 1. The summed E-state index contributed by atoms with van der Waals surface area (Å²) < 4.78 is 0. The Bertz CT molecular complexity index is 1050. The lowest BCUT2D eigenvalue weighted by atomic mass is 9.85. The standard InChI is InChI=1S/C25H34N4O4S.2C2H6/c1-14(17-7-9-18(10-8-17)21-15(2)26-13-34-21)27-23(32)20-11-19(31)12-29(20)24(33)22(25(4,5)6)28-16(3)30;2*1-2/h7-10,13-14,19-20,22,31H,11-12H2,1-6H3,(H,27,32)(H,28,30);2*1-2H3. The van der Waals surface area contributed by atoms with Crippen LogP contribution in [0.1, 0.15) is 86.0 Å². The van der Waals surface area contributed by atoms with Crippen molar-refractivity contribution < 1.29 is 19.5 Å². The van der Waals surface area contributed by atoms with Gasteiger partial charge in [-0.25, -0.2) is 4.98 Å². The van der Waals surface area contributed by atoms with Crippen LogP contribution in [0.3, 0.4) is 0 Å². The number of hydrogen-bond donors (Lipinski definition) is 3. The fourth-order valence-corrected chi connectivity index (χ4v) is 5.03. The van der Waals surface area contributed by atoms with E-state index in [4.69, 9.17) is 0 Å². The topological polar surface area (TPSA) is 112 Å². The molecule has 4 atom stereocenters. The molecule has 3 rings (SSSR count). The van der Waals surface area contributed by atoms with Crippen molar-refractivity contribution in [3.05, 3.63) is 41.0 Å². The predicted molar refractivity (Wildman–Crippen MR) is 155 cm³/mol. The van der Waals surface area contributed by atoms with Crippen LogP contribution in [-0.2, 0) is 14.4 Å². The monoisotopic (exact) mass is 546 g/mol. The van der Waals surface area contributed by atoms with Crippen molar-refractivity contribution in [3.8, 4) is 10.4 Å². The SMILES string of the molecule is CC.CC.CC(=O)NC(C(=O)N1CC(O)CC1C(=O)NC(C)c1ccc(-c2scnc2C)cc1)C(C)(C)C. The highest BCUT2D eigenvalue weighted by molar-refractivity contribution is 7.13. The Kier molecular flexibility index (Phi) is 13.1. The van der Waals surface area contributed by atoms with Gasteiger partial charge in [-0.1, -0.05) is 72.7 Å². The number of rotatable bonds is 6. The third kappa shape index (κ3) is 8.63. The molecule has 1 aromatic heterocycles. The molecular weight excluding hydrogens is 500 g/mol. The molecule has 3 N–H and O–H groups in total. The lowest BCUT2D eigenvalue weighted by Crippen LogP contribution is -2.57. The van der Waals surface area contributed by atoms with E-state index in [9.17, 15) is 19.5 Å². The Hall–Kier alpha value is -2.78. The van der Waals surface area contributed by atoms with E-state index in [1.165, 1.54) is 11.8 Å². The van der Waals surface area contributed by atoms with Crippen LogP contribution in [-0.4, -0.2) is 57.4 Å². The van der Waals surface area contributed by atoms with Crippen LogP contribution in [0.4, 0.5) is 0 Å². The number of aliphatic hydroxyl groups is 1. The van der Waals surface area contributed by atoms with Crippen LogP contribution < -0.4 is 10.6 Å². The fraction of sp³-hybridized carbons (Fsp3) is 0.586. The molecule has 2 heterocycles. The van der Waals surface area contributed by atoms with Gasteiger partial charge >= 0.3 is 0 Å². The molecule has 1 saturated heterocycles. The number of carbonyl (C=O) groups is 3. The predicted octanol–water partition coefficient (Wildman–Crippen LogP) is 4.86. The van der Waals surface area contributed by atoms with Gasteiger partial charge in [0.2, 0.25) is 17.7 Å². The molecule has 0 aliphatic carbocycles. The summed E-state index contributed by atoms with van der Waals surface area (Å²) in [4.78, 5) is 45.0. The maximum Gasteiger partial charge on any atom is 0.246 e. The quantitative estimate of drug-likeness (QED) is 0.479. The van der Waals surface area contributed by atoms with Gasteiger partial charge in [0.25, 0.3) is 0 Å². The molecule has 9 heteroatoms. The Balaban J connectivity index is 0.00000172. The van der Waals surface area contributed by atoms with Crippen molar-refractivity contribution in [2.45, 2.75) is 99.9 Å². The smallest absolute Gasteiger partial charge is 0.246 e. The second-order valence-corrected chi connectivity index (χ2v) is 10.9. The summed E-state index contributed by atoms with van der Waals surface area (Å²) in [6, 6.07) is 6.07. The number of nitrogens with zero attached hydrogens (tertiary/aromatic N) is 2. The average molecular weight is 547 g/mol. The largest absolute Gasteiger partial charge is 0.391 e. The molecule has 0 spiro atoms. The molecular formula is C29H46N4O4S. The molecule has 38 heavy (non-hydrogen) atoms. The highest BCUT2D eigenvalue weighted by Crippen LogP contribution is 2.29. The Morgan fingerprint density at radius 3 is 2.13 bits per heavy atom. The fourth-order valence-electron chi connectivity index (χ4n) is 4.22. The normalized spacial score (nSPS) is 18.2. The van der Waals surface area contributed by atoms with E-state index in [0.717, 1.165) is 21.7 Å². The van der Waals surface area contributed by atoms with E-state index in [0.29, 0.717) is 0 Å². The van der Waals surface area contributed by atoms with Gasteiger partial charge in [0.05, 0.1) is 28.2 Å². The second kappa shape index (κ2) is 15.0. The van der Waals surface area contributed by atoms with E-state index < -0.39 is 23.6 Å². The van der Waals surface area contributed by atoms with Gasteiger partial charge < -0.3 is 20.6 Å². The minimum absolute atomic E-state index is 0.0559. The summed E-state index contributed by atoms with van der Waals surface area (Å²) in [6.07, 6.45) is -0.639. The molecule has 2 aromatic rings. The van der Waals surface area contributed by atoms with Crippen molar-refractivity contribution in [2.75, 3.05) is 6.54 Å². The summed E-state index contributed by atoms with van der Waals surface area (Å²) in [5, 5.41) is 16.0. The minimum Gasteiger partial charge on any atom is -0.391 e. The highest BCUT2D eigenvalue weighted by Gasteiger charge is 2.44. The molecule has 212 valence electrons. The van der Waals surface area contributed by atoms with Crippen LogP contribution in [0.2, 0.25) is 0 Å². The minimum atomic E-state index is -0.803. The number of carbonyl (C=O) groups excluding carboxylic acids is 3. The van der Waals surface area contributed by atoms with Crippen molar-refractivity contribution in [1.29, 1.82) is 0 Å². The summed E-state index contributed by atoms with van der Waals surface area (Å²) >= 11 is 1.59. The van der Waals surface area contributed by atoms with E-state index in [1.807, 2.05) is 92.1 Å². The van der Waals surface area contributed by atoms with Crippen LogP contribution in [0, 0.1) is 12.3 Å². The van der Waals surface area contributed by atoms with Crippen LogP contribution >= 0.6 is 11.3 Å². The molecule has 1 fully saturated rings. The molecule has 1 aromatic carbocycles. The van der Waals surface area contributed by atoms with Crippen LogP contribution in [0.5, 0.6) is 0 Å². The maximum atomic E-state index is 13.3. The zero-order valence-corrected chi connectivity index (χ0v) is 25.4. The third-order valence-electron chi connectivity index (χ3n) is 6.10. The number of aryl methyl sites for hydroxylation is 1. The average Bonchev–Trinajstić information content (AvgIpc) is 3.49. The van der Waals surface area contributed by atoms with Gasteiger partial charge in [-0.3, -0.25) is 14.4 Å². The molecule has 1 aliphatic rings. The lowest BCUT2D eigenvalue weighted by Gasteiger charge is -2.35. The van der Waals surface area contributed by atoms with Gasteiger partial charge in [0, 0.05) is 19.9 Å². The first-order valence-corrected chi connectivity index (χ1v) is 14.3. The summed E-state index contributed by atoms with van der Waals surface area (Å²) in [5.41, 5.74) is 4.26. The van der Waals surface area contributed by atoms with Crippen molar-refractivity contribution in [1.82, 2.24) is 20.5 Å². The lowest BCUT2D eigenvalue weighted by molar-refractivity contribution is -0.144. The van der Waals surface area contributed by atoms with Crippen molar-refractivity contribution in [2.24, 2.45) is 5.41 Å². The Morgan fingerprint density at radius 1 is 1.08 bits per heavy atom. The van der Waals surface area contributed by atoms with Gasteiger partial charge in [0.1, 0.15) is 12.1 Å². The number of nitrogens with one attached hydrogen (secondary N) is 2. The maximum absolute atomic E-state index is 13.3. The summed E-state index contributed by atoms with van der Waals surface area (Å²) in [5.74, 6) is -1.01. The first kappa shape index (κ1) is 33.2. The zero-order chi connectivity index (χ0) is 29.2. The number of benzene rings is 1. The molecule has 0 saturated carbocycles. The number of thiazole rings is 1. The van der Waals surface area contributed by atoms with E-state index in [2.05, 4.69) is 15.6 Å². The van der Waals surface area contributed by atoms with Crippen LogP contribution in [0.25, 0.3) is 10.4 Å². The number of aliphatic hydroxyl groups excluding tert-OH is 1. The van der Waals surface area contributed by atoms with Crippen molar-refractivity contribution >= 4 is 29.1 Å². The van der Waals surface area contributed by atoms with E-state index >= 15 is 0 Å². The number of hydrogen-bond acceptors (Lipinski definition) is 6. The molecule has 0 bridgehead atoms. The van der Waals surface area contributed by atoms with Gasteiger partial charge in [0.15, 0.2) is 0 Å². The number of likely N-dealkylation sites (tertiary alicyclic amines) is 1. The molecule has 0 radical (unpaired) electrons. The number of β-amino-alcohol motifs (C(OH)–C–C–N with tert-alkyl or cyclic N) is 1. The highest BCUT2D eigenvalue weighted by atomic mass is 32.1. The first-order chi connectivity index (χ1) is 17.9. The van der Waals surface area contributed by atoms with Crippen LogP contribution in [0.15, 0.2) is 29.8 Å². The Labute approximate surface area is 232 Å². The molecule has 3 amide bonds. The van der Waals surface area contributed by atoms with Crippen molar-refractivity contribution in [3.63, 3.8) is 0 Å². The van der Waals surface area contributed by atoms with Gasteiger partial charge in [-0.2, -0.15) is 0 Å². The van der Waals surface area contributed by atoms with Gasteiger partial charge in [-0.05, 0) is 30.4 Å². The molecule has 1 aliphatic heterocycles. The van der Waals surface area contributed by atoms with E-state index in [1.54, 1.807) is 11.3 Å². The number of amides is 3. The summed E-state index contributed by atoms with van der Waals surface area (Å²) in [6.45, 7) is 18.8. The molecule has 8 nitrogen and oxygen atoms in total.